The van der Waals surface area contributed by atoms with Crippen LogP contribution >= 0.6 is 0 Å². The number of piperidine rings is 2. The van der Waals surface area contributed by atoms with Crippen molar-refractivity contribution in [2.45, 2.75) is 70.3 Å². The number of hydrogen-bond acceptors (Lipinski definition) is 2. The van der Waals surface area contributed by atoms with Gasteiger partial charge in [0.25, 0.3) is 0 Å². The van der Waals surface area contributed by atoms with E-state index in [0.717, 1.165) is 25.3 Å². The average Bonchev–Trinajstić information content (AvgIpc) is 2.55. The molecule has 0 N–H and O–H groups in total. The number of carbonyl (C=O) groups excluding carboxylic acids is 1. The maximum atomic E-state index is 13.0. The van der Waals surface area contributed by atoms with Crippen LogP contribution in [0.25, 0.3) is 0 Å². The maximum Gasteiger partial charge on any atom is 0.225 e. The van der Waals surface area contributed by atoms with Gasteiger partial charge in [-0.3, -0.25) is 4.79 Å². The van der Waals surface area contributed by atoms with Crippen LogP contribution in [0.4, 0.5) is 0 Å². The molecule has 3 rings (SSSR count). The highest BCUT2D eigenvalue weighted by Crippen LogP contribution is 2.33. The van der Waals surface area contributed by atoms with Gasteiger partial charge in [0.05, 0.1) is 0 Å². The molecule has 1 unspecified atom stereocenters. The zero-order valence-electron chi connectivity index (χ0n) is 13.7. The molecule has 2 aliphatic heterocycles. The van der Waals surface area contributed by atoms with Crippen molar-refractivity contribution in [1.82, 2.24) is 9.80 Å². The van der Waals surface area contributed by atoms with Crippen molar-refractivity contribution in [3.05, 3.63) is 0 Å². The van der Waals surface area contributed by atoms with E-state index in [-0.39, 0.29) is 0 Å². The monoisotopic (exact) mass is 292 g/mol. The fraction of sp³-hybridized carbons (Fsp3) is 0.944. The van der Waals surface area contributed by atoms with Gasteiger partial charge in [0, 0.05) is 25.0 Å². The van der Waals surface area contributed by atoms with Crippen molar-refractivity contribution < 1.29 is 4.79 Å². The largest absolute Gasteiger partial charge is 0.339 e. The van der Waals surface area contributed by atoms with E-state index in [9.17, 15) is 4.79 Å². The fourth-order valence-electron chi connectivity index (χ4n) is 4.83. The van der Waals surface area contributed by atoms with Gasteiger partial charge in [-0.25, -0.2) is 0 Å². The lowest BCUT2D eigenvalue weighted by Gasteiger charge is -2.45. The molecule has 3 nitrogen and oxygen atoms in total. The number of rotatable bonds is 2. The van der Waals surface area contributed by atoms with Crippen LogP contribution in [-0.2, 0) is 4.79 Å². The van der Waals surface area contributed by atoms with Crippen molar-refractivity contribution in [3.63, 3.8) is 0 Å². The molecule has 1 aliphatic carbocycles. The molecule has 0 aromatic rings. The molecule has 0 spiro atoms. The number of likely N-dealkylation sites (tertiary alicyclic amines) is 2. The van der Waals surface area contributed by atoms with Gasteiger partial charge in [0.2, 0.25) is 5.91 Å². The molecule has 0 aromatic carbocycles. The summed E-state index contributed by atoms with van der Waals surface area (Å²) in [5, 5.41) is 0. The van der Waals surface area contributed by atoms with Gasteiger partial charge in [-0.1, -0.05) is 19.3 Å². The summed E-state index contributed by atoms with van der Waals surface area (Å²) in [5.41, 5.74) is 0. The van der Waals surface area contributed by atoms with Crippen molar-refractivity contribution in [2.24, 2.45) is 11.8 Å². The Bertz CT molecular complexity index is 351. The molecule has 0 bridgehead atoms. The predicted molar refractivity (Wildman–Crippen MR) is 86.1 cm³/mol. The van der Waals surface area contributed by atoms with Gasteiger partial charge >= 0.3 is 0 Å². The SMILES string of the molecule is CN1CCCC([C@H]2CCCCN2C(=O)C2CCCCC2)C1. The molecule has 1 saturated carbocycles. The lowest BCUT2D eigenvalue weighted by molar-refractivity contribution is -0.142. The van der Waals surface area contributed by atoms with Crippen molar-refractivity contribution in [1.29, 1.82) is 0 Å². The fourth-order valence-corrected chi connectivity index (χ4v) is 4.83. The number of hydrogen-bond donors (Lipinski definition) is 0. The lowest BCUT2D eigenvalue weighted by Crippen LogP contribution is -2.53. The molecule has 2 atom stereocenters. The van der Waals surface area contributed by atoms with Crippen LogP contribution in [0.2, 0.25) is 0 Å². The van der Waals surface area contributed by atoms with E-state index in [1.807, 2.05) is 0 Å². The second-order valence-corrected chi connectivity index (χ2v) is 7.59. The molecule has 3 heteroatoms. The van der Waals surface area contributed by atoms with Gasteiger partial charge < -0.3 is 9.80 Å². The third-order valence-corrected chi connectivity index (χ3v) is 5.99. The Kier molecular flexibility index (Phi) is 5.20. The number of amides is 1. The molecule has 3 fully saturated rings. The van der Waals surface area contributed by atoms with Crippen molar-refractivity contribution in [3.8, 4) is 0 Å². The van der Waals surface area contributed by atoms with E-state index in [2.05, 4.69) is 16.8 Å². The van der Waals surface area contributed by atoms with Gasteiger partial charge in [-0.2, -0.15) is 0 Å². The Morgan fingerprint density at radius 1 is 0.857 bits per heavy atom. The van der Waals surface area contributed by atoms with Crippen LogP contribution in [0.5, 0.6) is 0 Å². The van der Waals surface area contributed by atoms with E-state index in [4.69, 9.17) is 0 Å². The molecule has 21 heavy (non-hydrogen) atoms. The summed E-state index contributed by atoms with van der Waals surface area (Å²) < 4.78 is 0. The molecule has 2 saturated heterocycles. The molecular formula is C18H32N2O. The standard InChI is InChI=1S/C18H32N2O/c1-19-12-7-10-16(14-19)17-11-5-6-13-20(17)18(21)15-8-3-2-4-9-15/h15-17H,2-14H2,1H3/t16?,17-/m1/s1. The topological polar surface area (TPSA) is 23.6 Å². The minimum atomic E-state index is 0.348. The van der Waals surface area contributed by atoms with Crippen LogP contribution in [0.3, 0.4) is 0 Å². The minimum absolute atomic E-state index is 0.348. The third kappa shape index (κ3) is 3.61. The average molecular weight is 292 g/mol. The van der Waals surface area contributed by atoms with Crippen molar-refractivity contribution >= 4 is 5.91 Å². The highest BCUT2D eigenvalue weighted by molar-refractivity contribution is 5.79. The van der Waals surface area contributed by atoms with Crippen LogP contribution in [-0.4, -0.2) is 48.4 Å². The van der Waals surface area contributed by atoms with E-state index >= 15 is 0 Å². The number of nitrogens with zero attached hydrogens (tertiary/aromatic N) is 2. The second kappa shape index (κ2) is 7.13. The first-order chi connectivity index (χ1) is 10.3. The summed E-state index contributed by atoms with van der Waals surface area (Å²) in [6.45, 7) is 3.46. The van der Waals surface area contributed by atoms with Crippen LogP contribution in [0, 0.1) is 11.8 Å². The molecule has 1 amide bonds. The number of carbonyl (C=O) groups is 1. The van der Waals surface area contributed by atoms with Gasteiger partial charge in [0.15, 0.2) is 0 Å². The summed E-state index contributed by atoms with van der Waals surface area (Å²) in [6, 6.07) is 0.538. The molecule has 0 aromatic heterocycles. The zero-order valence-corrected chi connectivity index (χ0v) is 13.7. The second-order valence-electron chi connectivity index (χ2n) is 7.59. The first-order valence-corrected chi connectivity index (χ1v) is 9.25. The molecular weight excluding hydrogens is 260 g/mol. The minimum Gasteiger partial charge on any atom is -0.339 e. The molecule has 0 radical (unpaired) electrons. The van der Waals surface area contributed by atoms with Gasteiger partial charge in [0.1, 0.15) is 0 Å². The van der Waals surface area contributed by atoms with E-state index in [1.165, 1.54) is 64.5 Å². The van der Waals surface area contributed by atoms with E-state index < -0.39 is 0 Å². The Labute approximate surface area is 130 Å². The third-order valence-electron chi connectivity index (χ3n) is 5.99. The Morgan fingerprint density at radius 3 is 2.38 bits per heavy atom. The quantitative estimate of drug-likeness (QED) is 0.780. The summed E-state index contributed by atoms with van der Waals surface area (Å²) in [7, 11) is 2.24. The van der Waals surface area contributed by atoms with Gasteiger partial charge in [-0.05, 0) is 64.5 Å². The highest BCUT2D eigenvalue weighted by Gasteiger charge is 2.37. The lowest BCUT2D eigenvalue weighted by atomic mass is 9.82. The Hall–Kier alpha value is -0.570. The first kappa shape index (κ1) is 15.3. The first-order valence-electron chi connectivity index (χ1n) is 9.25. The van der Waals surface area contributed by atoms with Crippen LogP contribution in [0.15, 0.2) is 0 Å². The summed E-state index contributed by atoms with van der Waals surface area (Å²) >= 11 is 0. The zero-order chi connectivity index (χ0) is 14.7. The van der Waals surface area contributed by atoms with Crippen molar-refractivity contribution in [2.75, 3.05) is 26.7 Å². The smallest absolute Gasteiger partial charge is 0.225 e. The maximum absolute atomic E-state index is 13.0. The molecule has 120 valence electrons. The molecule has 3 aliphatic rings. The predicted octanol–water partition coefficient (Wildman–Crippen LogP) is 3.29. The summed E-state index contributed by atoms with van der Waals surface area (Å²) in [4.78, 5) is 17.8. The van der Waals surface area contributed by atoms with E-state index in [0.29, 0.717) is 17.9 Å². The normalized spacial score (nSPS) is 33.1. The molecule has 2 heterocycles. The Balaban J connectivity index is 1.66. The highest BCUT2D eigenvalue weighted by atomic mass is 16.2. The summed E-state index contributed by atoms with van der Waals surface area (Å²) in [6.07, 6.45) is 12.6. The van der Waals surface area contributed by atoms with E-state index in [1.54, 1.807) is 0 Å². The summed E-state index contributed by atoms with van der Waals surface area (Å²) in [5.74, 6) is 1.57. The van der Waals surface area contributed by atoms with Crippen LogP contribution < -0.4 is 0 Å². The Morgan fingerprint density at radius 2 is 1.62 bits per heavy atom. The van der Waals surface area contributed by atoms with Gasteiger partial charge in [-0.15, -0.1) is 0 Å². The van der Waals surface area contributed by atoms with Crippen LogP contribution in [0.1, 0.15) is 64.2 Å².